The molecule has 1 N–H and O–H groups in total. The smallest absolute Gasteiger partial charge is 0.228 e. The molecule has 1 fully saturated rings. The largest absolute Gasteiger partial charge is 0.493 e. The Morgan fingerprint density at radius 1 is 1.30 bits per heavy atom. The Hall–Kier alpha value is -2.30. The molecule has 0 bridgehead atoms. The van der Waals surface area contributed by atoms with E-state index in [9.17, 15) is 4.79 Å². The monoisotopic (exact) mass is 313 g/mol. The molecule has 1 aromatic heterocycles. The molecule has 0 aliphatic carbocycles. The van der Waals surface area contributed by atoms with E-state index in [1.165, 1.54) is 0 Å². The molecule has 5 heteroatoms. The first-order valence-electron chi connectivity index (χ1n) is 8.17. The Kier molecular flexibility index (Phi) is 4.95. The van der Waals surface area contributed by atoms with Crippen LogP contribution in [0.5, 0.6) is 5.75 Å². The summed E-state index contributed by atoms with van der Waals surface area (Å²) in [5.41, 5.74) is 1.81. The van der Waals surface area contributed by atoms with E-state index in [0.717, 1.165) is 49.7 Å². The van der Waals surface area contributed by atoms with Gasteiger partial charge in [0, 0.05) is 18.8 Å². The van der Waals surface area contributed by atoms with E-state index in [-0.39, 0.29) is 5.91 Å². The summed E-state index contributed by atoms with van der Waals surface area (Å²) < 4.78 is 5.82. The fraction of sp³-hybridized carbons (Fsp3) is 0.444. The number of aryl methyl sites for hydroxylation is 1. The van der Waals surface area contributed by atoms with Crippen LogP contribution in [0.4, 0.5) is 0 Å². The van der Waals surface area contributed by atoms with Gasteiger partial charge in [-0.15, -0.1) is 0 Å². The molecular weight excluding hydrogens is 290 g/mol. The van der Waals surface area contributed by atoms with Crippen LogP contribution < -0.4 is 4.74 Å². The Morgan fingerprint density at radius 2 is 2.04 bits per heavy atom. The van der Waals surface area contributed by atoms with Crippen LogP contribution in [0.2, 0.25) is 0 Å². The maximum absolute atomic E-state index is 12.3. The number of amides is 1. The molecule has 0 atom stereocenters. The van der Waals surface area contributed by atoms with Crippen molar-refractivity contribution in [2.75, 3.05) is 19.7 Å². The van der Waals surface area contributed by atoms with Crippen molar-refractivity contribution in [2.45, 2.75) is 26.2 Å². The van der Waals surface area contributed by atoms with E-state index < -0.39 is 0 Å². The molecule has 5 nitrogen and oxygen atoms in total. The third kappa shape index (κ3) is 4.34. The van der Waals surface area contributed by atoms with Gasteiger partial charge in [-0.25, -0.2) is 0 Å². The third-order valence-electron chi connectivity index (χ3n) is 4.29. The Balaban J connectivity index is 1.42. The normalized spacial score (nSPS) is 15.6. The number of aromatic nitrogens is 2. The second-order valence-corrected chi connectivity index (χ2v) is 6.17. The molecule has 0 radical (unpaired) electrons. The van der Waals surface area contributed by atoms with Crippen LogP contribution >= 0.6 is 0 Å². The lowest BCUT2D eigenvalue weighted by atomic mass is 9.97. The van der Waals surface area contributed by atoms with Crippen LogP contribution in [-0.2, 0) is 11.2 Å². The Labute approximate surface area is 136 Å². The lowest BCUT2D eigenvalue weighted by Gasteiger charge is -2.31. The lowest BCUT2D eigenvalue weighted by molar-refractivity contribution is -0.132. The number of rotatable bonds is 5. The molecule has 0 spiro atoms. The minimum Gasteiger partial charge on any atom is -0.493 e. The highest BCUT2D eigenvalue weighted by molar-refractivity contribution is 5.78. The van der Waals surface area contributed by atoms with Crippen LogP contribution in [0.3, 0.4) is 0 Å². The van der Waals surface area contributed by atoms with Gasteiger partial charge < -0.3 is 9.64 Å². The van der Waals surface area contributed by atoms with Crippen molar-refractivity contribution in [1.82, 2.24) is 15.1 Å². The van der Waals surface area contributed by atoms with E-state index in [1.807, 2.05) is 48.2 Å². The van der Waals surface area contributed by atoms with Gasteiger partial charge in [0.15, 0.2) is 0 Å². The number of aromatic amines is 1. The molecule has 1 saturated heterocycles. The number of carbonyl (C=O) groups excluding carboxylic acids is 1. The SMILES string of the molecule is Cc1cc(CC(=O)N2CCC(COc3ccccc3)CC2)n[nH]1. The summed E-state index contributed by atoms with van der Waals surface area (Å²) >= 11 is 0. The molecule has 1 aromatic carbocycles. The average Bonchev–Trinajstić information content (AvgIpc) is 2.99. The molecule has 0 unspecified atom stereocenters. The van der Waals surface area contributed by atoms with Gasteiger partial charge >= 0.3 is 0 Å². The maximum Gasteiger partial charge on any atom is 0.228 e. The number of nitrogens with one attached hydrogen (secondary N) is 1. The summed E-state index contributed by atoms with van der Waals surface area (Å²) in [4.78, 5) is 14.3. The fourth-order valence-corrected chi connectivity index (χ4v) is 2.91. The number of benzene rings is 1. The van der Waals surface area contributed by atoms with Crippen LogP contribution in [-0.4, -0.2) is 40.7 Å². The van der Waals surface area contributed by atoms with Gasteiger partial charge in [0.1, 0.15) is 5.75 Å². The second kappa shape index (κ2) is 7.31. The lowest BCUT2D eigenvalue weighted by Crippen LogP contribution is -2.40. The quantitative estimate of drug-likeness (QED) is 0.923. The molecule has 2 aromatic rings. The van der Waals surface area contributed by atoms with Gasteiger partial charge in [-0.05, 0) is 43.9 Å². The summed E-state index contributed by atoms with van der Waals surface area (Å²) in [5.74, 6) is 1.60. The average molecular weight is 313 g/mol. The number of hydrogen-bond acceptors (Lipinski definition) is 3. The first-order chi connectivity index (χ1) is 11.2. The highest BCUT2D eigenvalue weighted by Gasteiger charge is 2.23. The summed E-state index contributed by atoms with van der Waals surface area (Å²) in [6.07, 6.45) is 2.38. The van der Waals surface area contributed by atoms with Crippen molar-refractivity contribution in [3.05, 3.63) is 47.8 Å². The fourth-order valence-electron chi connectivity index (χ4n) is 2.91. The van der Waals surface area contributed by atoms with Crippen molar-refractivity contribution in [3.63, 3.8) is 0 Å². The minimum absolute atomic E-state index is 0.166. The van der Waals surface area contributed by atoms with Crippen molar-refractivity contribution in [1.29, 1.82) is 0 Å². The number of H-pyrrole nitrogens is 1. The van der Waals surface area contributed by atoms with E-state index in [4.69, 9.17) is 4.74 Å². The first-order valence-corrected chi connectivity index (χ1v) is 8.17. The van der Waals surface area contributed by atoms with Crippen LogP contribution in [0.15, 0.2) is 36.4 Å². The van der Waals surface area contributed by atoms with Gasteiger partial charge in [-0.2, -0.15) is 5.10 Å². The second-order valence-electron chi connectivity index (χ2n) is 6.17. The van der Waals surface area contributed by atoms with Crippen LogP contribution in [0.25, 0.3) is 0 Å². The van der Waals surface area contributed by atoms with E-state index >= 15 is 0 Å². The van der Waals surface area contributed by atoms with Crippen LogP contribution in [0.1, 0.15) is 24.2 Å². The Morgan fingerprint density at radius 3 is 2.70 bits per heavy atom. The van der Waals surface area contributed by atoms with Gasteiger partial charge in [0.2, 0.25) is 5.91 Å². The van der Waals surface area contributed by atoms with Gasteiger partial charge in [0.05, 0.1) is 18.7 Å². The van der Waals surface area contributed by atoms with Gasteiger partial charge in [-0.1, -0.05) is 18.2 Å². The predicted molar refractivity (Wildman–Crippen MR) is 88.3 cm³/mol. The van der Waals surface area contributed by atoms with Crippen molar-refractivity contribution in [2.24, 2.45) is 5.92 Å². The summed E-state index contributed by atoms with van der Waals surface area (Å²) in [6.45, 7) is 4.29. The summed E-state index contributed by atoms with van der Waals surface area (Å²) in [5, 5.41) is 7.02. The molecule has 2 heterocycles. The molecule has 1 amide bonds. The van der Waals surface area contributed by atoms with E-state index in [2.05, 4.69) is 10.2 Å². The maximum atomic E-state index is 12.3. The molecule has 0 saturated carbocycles. The number of para-hydroxylation sites is 1. The van der Waals surface area contributed by atoms with Crippen molar-refractivity contribution < 1.29 is 9.53 Å². The number of nitrogens with zero attached hydrogens (tertiary/aromatic N) is 2. The number of ether oxygens (including phenoxy) is 1. The highest BCUT2D eigenvalue weighted by atomic mass is 16.5. The summed E-state index contributed by atoms with van der Waals surface area (Å²) in [6, 6.07) is 11.8. The zero-order chi connectivity index (χ0) is 16.1. The Bertz CT molecular complexity index is 631. The zero-order valence-electron chi connectivity index (χ0n) is 13.5. The summed E-state index contributed by atoms with van der Waals surface area (Å²) in [7, 11) is 0. The predicted octanol–water partition coefficient (Wildman–Crippen LogP) is 2.58. The molecule has 23 heavy (non-hydrogen) atoms. The van der Waals surface area contributed by atoms with Gasteiger partial charge in [-0.3, -0.25) is 9.89 Å². The van der Waals surface area contributed by atoms with Crippen LogP contribution in [0, 0.1) is 12.8 Å². The molecule has 1 aliphatic heterocycles. The van der Waals surface area contributed by atoms with Crippen molar-refractivity contribution in [3.8, 4) is 5.75 Å². The van der Waals surface area contributed by atoms with Gasteiger partial charge in [0.25, 0.3) is 0 Å². The molecule has 1 aliphatic rings. The zero-order valence-corrected chi connectivity index (χ0v) is 13.5. The minimum atomic E-state index is 0.166. The molecule has 3 rings (SSSR count). The van der Waals surface area contributed by atoms with E-state index in [0.29, 0.717) is 12.3 Å². The molecule has 122 valence electrons. The first kappa shape index (κ1) is 15.6. The van der Waals surface area contributed by atoms with Crippen molar-refractivity contribution >= 4 is 5.91 Å². The number of hydrogen-bond donors (Lipinski definition) is 1. The number of carbonyl (C=O) groups is 1. The highest BCUT2D eigenvalue weighted by Crippen LogP contribution is 2.20. The molecular formula is C18H23N3O2. The number of piperidine rings is 1. The standard InChI is InChI=1S/C18H23N3O2/c1-14-11-16(20-19-14)12-18(22)21-9-7-15(8-10-21)13-23-17-5-3-2-4-6-17/h2-6,11,15H,7-10,12-13H2,1H3,(H,19,20). The van der Waals surface area contributed by atoms with E-state index in [1.54, 1.807) is 0 Å². The topological polar surface area (TPSA) is 58.2 Å². The number of likely N-dealkylation sites (tertiary alicyclic amines) is 1. The third-order valence-corrected chi connectivity index (χ3v) is 4.29.